The van der Waals surface area contributed by atoms with Crippen molar-refractivity contribution in [3.8, 4) is 5.75 Å². The van der Waals surface area contributed by atoms with Gasteiger partial charge in [-0.3, -0.25) is 4.79 Å². The van der Waals surface area contributed by atoms with E-state index in [0.717, 1.165) is 5.56 Å². The fraction of sp³-hybridized carbons (Fsp3) is 0.462. The molecule has 7 heteroatoms. The first-order valence-electron chi connectivity index (χ1n) is 6.33. The van der Waals surface area contributed by atoms with Crippen molar-refractivity contribution in [2.75, 3.05) is 11.5 Å². The van der Waals surface area contributed by atoms with Crippen molar-refractivity contribution in [1.82, 2.24) is 5.32 Å². The quantitative estimate of drug-likeness (QED) is 0.716. The summed E-state index contributed by atoms with van der Waals surface area (Å²) >= 11 is 0. The number of benzene rings is 1. The minimum Gasteiger partial charge on any atom is -0.508 e. The summed E-state index contributed by atoms with van der Waals surface area (Å²) in [4.78, 5) is 11.3. The summed E-state index contributed by atoms with van der Waals surface area (Å²) in [7, 11) is -3.03. The van der Waals surface area contributed by atoms with E-state index in [4.69, 9.17) is 0 Å². The predicted octanol–water partition coefficient (Wildman–Crippen LogP) is 0.165. The Morgan fingerprint density at radius 1 is 1.35 bits per heavy atom. The number of phenols is 1. The number of carboxylic acid groups (broad SMARTS) is 1. The number of carbonyl (C=O) groups is 1. The number of aromatic hydroxyl groups is 1. The van der Waals surface area contributed by atoms with E-state index in [9.17, 15) is 23.4 Å². The van der Waals surface area contributed by atoms with Crippen LogP contribution in [-0.2, 0) is 21.1 Å². The molecule has 2 atom stereocenters. The van der Waals surface area contributed by atoms with Crippen molar-refractivity contribution in [3.05, 3.63) is 29.8 Å². The molecule has 20 heavy (non-hydrogen) atoms. The van der Waals surface area contributed by atoms with Gasteiger partial charge >= 0.3 is 5.97 Å². The highest BCUT2D eigenvalue weighted by Gasteiger charge is 2.31. The predicted molar refractivity (Wildman–Crippen MR) is 73.4 cm³/mol. The van der Waals surface area contributed by atoms with Gasteiger partial charge in [0, 0.05) is 6.04 Å². The fourth-order valence-corrected chi connectivity index (χ4v) is 3.98. The van der Waals surface area contributed by atoms with Crippen LogP contribution in [0.1, 0.15) is 12.0 Å². The number of carboxylic acids is 1. The Hall–Kier alpha value is -1.60. The lowest BCUT2D eigenvalue weighted by Crippen LogP contribution is -2.45. The molecule has 1 aromatic rings. The van der Waals surface area contributed by atoms with Crippen molar-refractivity contribution < 1.29 is 23.4 Å². The third-order valence-corrected chi connectivity index (χ3v) is 5.11. The summed E-state index contributed by atoms with van der Waals surface area (Å²) in [6.45, 7) is 0. The second-order valence-electron chi connectivity index (χ2n) is 5.03. The zero-order valence-corrected chi connectivity index (χ0v) is 11.6. The Morgan fingerprint density at radius 3 is 2.50 bits per heavy atom. The van der Waals surface area contributed by atoms with Gasteiger partial charge in [-0.2, -0.15) is 0 Å². The zero-order valence-electron chi connectivity index (χ0n) is 10.8. The highest BCUT2D eigenvalue weighted by Crippen LogP contribution is 2.15. The lowest BCUT2D eigenvalue weighted by Gasteiger charge is -2.18. The van der Waals surface area contributed by atoms with Gasteiger partial charge < -0.3 is 15.5 Å². The Kier molecular flexibility index (Phi) is 4.29. The molecule has 0 aliphatic carbocycles. The molecule has 1 saturated heterocycles. The number of hydrogen-bond acceptors (Lipinski definition) is 5. The van der Waals surface area contributed by atoms with Gasteiger partial charge in [0.1, 0.15) is 11.8 Å². The summed E-state index contributed by atoms with van der Waals surface area (Å²) < 4.78 is 22.7. The average molecular weight is 299 g/mol. The molecule has 110 valence electrons. The molecule has 1 unspecified atom stereocenters. The lowest BCUT2D eigenvalue weighted by atomic mass is 10.0. The van der Waals surface area contributed by atoms with E-state index < -0.39 is 21.8 Å². The van der Waals surface area contributed by atoms with Crippen LogP contribution in [0.3, 0.4) is 0 Å². The number of aliphatic carboxylic acids is 1. The van der Waals surface area contributed by atoms with Gasteiger partial charge in [0.2, 0.25) is 0 Å². The van der Waals surface area contributed by atoms with E-state index in [2.05, 4.69) is 5.32 Å². The fourth-order valence-electron chi connectivity index (χ4n) is 2.30. The van der Waals surface area contributed by atoms with Crippen molar-refractivity contribution in [2.24, 2.45) is 0 Å². The number of nitrogens with one attached hydrogen (secondary N) is 1. The van der Waals surface area contributed by atoms with Crippen LogP contribution < -0.4 is 5.32 Å². The second-order valence-corrected chi connectivity index (χ2v) is 7.26. The minimum atomic E-state index is -3.03. The molecule has 0 spiro atoms. The highest BCUT2D eigenvalue weighted by molar-refractivity contribution is 7.91. The van der Waals surface area contributed by atoms with E-state index in [1.807, 2.05) is 0 Å². The van der Waals surface area contributed by atoms with Gasteiger partial charge in [0.05, 0.1) is 11.5 Å². The maximum Gasteiger partial charge on any atom is 0.321 e. The smallest absolute Gasteiger partial charge is 0.321 e. The third kappa shape index (κ3) is 3.94. The standard InChI is InChI=1S/C13H17NO5S/c15-11-3-1-9(2-4-11)7-12(13(16)17)14-10-5-6-20(18,19)8-10/h1-4,10,12,14-15H,5-8H2,(H,16,17)/t10?,12-/m0/s1. The molecule has 0 radical (unpaired) electrons. The van der Waals surface area contributed by atoms with Crippen molar-refractivity contribution in [3.63, 3.8) is 0 Å². The summed E-state index contributed by atoms with van der Waals surface area (Å²) in [6, 6.07) is 5.15. The van der Waals surface area contributed by atoms with Gasteiger partial charge in [-0.15, -0.1) is 0 Å². The van der Waals surface area contributed by atoms with Crippen LogP contribution in [0.25, 0.3) is 0 Å². The minimum absolute atomic E-state index is 0.00758. The largest absolute Gasteiger partial charge is 0.508 e. The molecular weight excluding hydrogens is 282 g/mol. The molecule has 0 saturated carbocycles. The van der Waals surface area contributed by atoms with Gasteiger partial charge in [0.25, 0.3) is 0 Å². The molecular formula is C13H17NO5S. The number of sulfone groups is 1. The van der Waals surface area contributed by atoms with Crippen molar-refractivity contribution >= 4 is 15.8 Å². The van der Waals surface area contributed by atoms with Crippen LogP contribution in [0.5, 0.6) is 5.75 Å². The molecule has 0 bridgehead atoms. The summed E-state index contributed by atoms with van der Waals surface area (Å²) in [6.07, 6.45) is 0.688. The van der Waals surface area contributed by atoms with E-state index in [-0.39, 0.29) is 29.7 Å². The molecule has 0 amide bonds. The number of phenolic OH excluding ortho intramolecular Hbond substituents is 1. The van der Waals surface area contributed by atoms with Gasteiger partial charge in [0.15, 0.2) is 9.84 Å². The molecule has 1 aliphatic rings. The Labute approximate surface area is 117 Å². The van der Waals surface area contributed by atoms with Crippen LogP contribution in [-0.4, -0.2) is 48.2 Å². The molecule has 1 heterocycles. The van der Waals surface area contributed by atoms with Crippen molar-refractivity contribution in [1.29, 1.82) is 0 Å². The molecule has 6 nitrogen and oxygen atoms in total. The SMILES string of the molecule is O=C(O)[C@H](Cc1ccc(O)cc1)NC1CCS(=O)(=O)C1. The Morgan fingerprint density at radius 2 is 2.00 bits per heavy atom. The van der Waals surface area contributed by atoms with Crippen LogP contribution in [0.4, 0.5) is 0 Å². The van der Waals surface area contributed by atoms with Crippen LogP contribution >= 0.6 is 0 Å². The van der Waals surface area contributed by atoms with E-state index in [1.54, 1.807) is 12.1 Å². The molecule has 2 rings (SSSR count). The zero-order chi connectivity index (χ0) is 14.8. The van der Waals surface area contributed by atoms with E-state index in [1.165, 1.54) is 12.1 Å². The molecule has 1 aromatic carbocycles. The van der Waals surface area contributed by atoms with Crippen molar-refractivity contribution in [2.45, 2.75) is 24.9 Å². The monoisotopic (exact) mass is 299 g/mol. The maximum absolute atomic E-state index is 11.4. The maximum atomic E-state index is 11.4. The number of rotatable bonds is 5. The Bertz CT molecular complexity index is 581. The summed E-state index contributed by atoms with van der Waals surface area (Å²) in [5.41, 5.74) is 0.767. The van der Waals surface area contributed by atoms with Crippen LogP contribution in [0.15, 0.2) is 24.3 Å². The molecule has 1 fully saturated rings. The van der Waals surface area contributed by atoms with Crippen LogP contribution in [0.2, 0.25) is 0 Å². The summed E-state index contributed by atoms with van der Waals surface area (Å²) in [5.74, 6) is -0.791. The molecule has 3 N–H and O–H groups in total. The normalized spacial score (nSPS) is 22.5. The first-order chi connectivity index (χ1) is 9.35. The van der Waals surface area contributed by atoms with Gasteiger partial charge in [-0.25, -0.2) is 8.42 Å². The van der Waals surface area contributed by atoms with Crippen LogP contribution in [0, 0.1) is 0 Å². The lowest BCUT2D eigenvalue weighted by molar-refractivity contribution is -0.139. The molecule has 1 aliphatic heterocycles. The second kappa shape index (κ2) is 5.80. The first kappa shape index (κ1) is 14.8. The Balaban J connectivity index is 2.01. The van der Waals surface area contributed by atoms with E-state index in [0.29, 0.717) is 6.42 Å². The topological polar surface area (TPSA) is 104 Å². The number of hydrogen-bond donors (Lipinski definition) is 3. The molecule has 0 aromatic heterocycles. The van der Waals surface area contributed by atoms with Gasteiger partial charge in [-0.05, 0) is 30.5 Å². The van der Waals surface area contributed by atoms with Gasteiger partial charge in [-0.1, -0.05) is 12.1 Å². The average Bonchev–Trinajstić information content (AvgIpc) is 2.70. The highest BCUT2D eigenvalue weighted by atomic mass is 32.2. The van der Waals surface area contributed by atoms with E-state index >= 15 is 0 Å². The first-order valence-corrected chi connectivity index (χ1v) is 8.15. The third-order valence-electron chi connectivity index (χ3n) is 3.34. The summed E-state index contributed by atoms with van der Waals surface area (Å²) in [5, 5.41) is 21.3.